The molecule has 0 saturated carbocycles. The molecule has 2 N–H and O–H groups in total. The molecule has 0 unspecified atom stereocenters. The highest BCUT2D eigenvalue weighted by molar-refractivity contribution is 5.93. The van der Waals surface area contributed by atoms with Gasteiger partial charge in [-0.25, -0.2) is 4.79 Å². The summed E-state index contributed by atoms with van der Waals surface area (Å²) in [5.41, 5.74) is 2.43. The van der Waals surface area contributed by atoms with Gasteiger partial charge in [0.15, 0.2) is 0 Å². The van der Waals surface area contributed by atoms with Crippen LogP contribution in [0.2, 0.25) is 0 Å². The smallest absolute Gasteiger partial charge is 0.328 e. The molecule has 20 heavy (non-hydrogen) atoms. The number of carboxylic acid groups (broad SMARTS) is 1. The Bertz CT molecular complexity index is 516. The number of benzene rings is 1. The number of hydrogen-bond acceptors (Lipinski definition) is 2. The zero-order valence-corrected chi connectivity index (χ0v) is 12.1. The van der Waals surface area contributed by atoms with Gasteiger partial charge in [0.05, 0.1) is 0 Å². The van der Waals surface area contributed by atoms with Crippen LogP contribution >= 0.6 is 0 Å². The molecule has 4 heteroatoms. The Kier molecular flexibility index (Phi) is 5.97. The molecule has 0 aliphatic rings. The number of anilines is 1. The zero-order chi connectivity index (χ0) is 15.1. The third-order valence-electron chi connectivity index (χ3n) is 3.14. The summed E-state index contributed by atoms with van der Waals surface area (Å²) in [6.45, 7) is 5.89. The van der Waals surface area contributed by atoms with Crippen LogP contribution in [0.25, 0.3) is 6.08 Å². The largest absolute Gasteiger partial charge is 0.478 e. The quantitative estimate of drug-likeness (QED) is 0.781. The molecular formula is C16H21NO3. The van der Waals surface area contributed by atoms with E-state index in [9.17, 15) is 9.59 Å². The predicted molar refractivity (Wildman–Crippen MR) is 80.6 cm³/mol. The molecule has 0 atom stereocenters. The van der Waals surface area contributed by atoms with Crippen molar-refractivity contribution >= 4 is 23.6 Å². The SMILES string of the molecule is CCC(CC)C(=O)Nc1cc(C)cc(/C=C/C(=O)O)c1. The third kappa shape index (κ3) is 4.88. The van der Waals surface area contributed by atoms with E-state index in [1.165, 1.54) is 6.08 Å². The molecule has 0 heterocycles. The number of amides is 1. The highest BCUT2D eigenvalue weighted by Gasteiger charge is 2.14. The Labute approximate surface area is 119 Å². The molecule has 0 fully saturated rings. The predicted octanol–water partition coefficient (Wildman–Crippen LogP) is 3.47. The molecule has 4 nitrogen and oxygen atoms in total. The molecule has 1 aromatic carbocycles. The number of nitrogens with one attached hydrogen (secondary N) is 1. The van der Waals surface area contributed by atoms with Crippen LogP contribution in [-0.2, 0) is 9.59 Å². The summed E-state index contributed by atoms with van der Waals surface area (Å²) >= 11 is 0. The number of carboxylic acids is 1. The lowest BCUT2D eigenvalue weighted by Gasteiger charge is -2.13. The first-order valence-corrected chi connectivity index (χ1v) is 6.79. The van der Waals surface area contributed by atoms with Gasteiger partial charge in [-0.05, 0) is 49.1 Å². The summed E-state index contributed by atoms with van der Waals surface area (Å²) in [6, 6.07) is 5.51. The van der Waals surface area contributed by atoms with Gasteiger partial charge in [0, 0.05) is 17.7 Å². The average Bonchev–Trinajstić information content (AvgIpc) is 2.37. The van der Waals surface area contributed by atoms with Crippen molar-refractivity contribution in [1.82, 2.24) is 0 Å². The molecule has 108 valence electrons. The molecular weight excluding hydrogens is 254 g/mol. The number of carbonyl (C=O) groups excluding carboxylic acids is 1. The zero-order valence-electron chi connectivity index (χ0n) is 12.1. The lowest BCUT2D eigenvalue weighted by Crippen LogP contribution is -2.21. The summed E-state index contributed by atoms with van der Waals surface area (Å²) in [5.74, 6) is -0.976. The molecule has 0 spiro atoms. The van der Waals surface area contributed by atoms with E-state index < -0.39 is 5.97 Å². The summed E-state index contributed by atoms with van der Waals surface area (Å²) in [6.07, 6.45) is 4.21. The lowest BCUT2D eigenvalue weighted by atomic mass is 10.0. The van der Waals surface area contributed by atoms with Crippen LogP contribution in [0.15, 0.2) is 24.3 Å². The second kappa shape index (κ2) is 7.48. The van der Waals surface area contributed by atoms with Crippen molar-refractivity contribution in [3.05, 3.63) is 35.4 Å². The number of carbonyl (C=O) groups is 2. The fourth-order valence-electron chi connectivity index (χ4n) is 2.05. The van der Waals surface area contributed by atoms with Gasteiger partial charge in [0.25, 0.3) is 0 Å². The molecule has 1 rings (SSSR count). The van der Waals surface area contributed by atoms with Gasteiger partial charge in [-0.1, -0.05) is 19.9 Å². The van der Waals surface area contributed by atoms with E-state index in [0.717, 1.165) is 30.0 Å². The molecule has 1 aromatic rings. The highest BCUT2D eigenvalue weighted by Crippen LogP contribution is 2.18. The van der Waals surface area contributed by atoms with E-state index in [0.29, 0.717) is 5.69 Å². The number of aliphatic carboxylic acids is 1. The minimum atomic E-state index is -0.992. The summed E-state index contributed by atoms with van der Waals surface area (Å²) in [7, 11) is 0. The molecule has 0 aromatic heterocycles. The fourth-order valence-corrected chi connectivity index (χ4v) is 2.05. The molecule has 0 radical (unpaired) electrons. The molecule has 0 bridgehead atoms. The van der Waals surface area contributed by atoms with Crippen molar-refractivity contribution in [2.45, 2.75) is 33.6 Å². The summed E-state index contributed by atoms with van der Waals surface area (Å²) < 4.78 is 0. The van der Waals surface area contributed by atoms with Crippen molar-refractivity contribution in [2.24, 2.45) is 5.92 Å². The number of hydrogen-bond donors (Lipinski definition) is 2. The topological polar surface area (TPSA) is 66.4 Å². The maximum Gasteiger partial charge on any atom is 0.328 e. The van der Waals surface area contributed by atoms with Crippen molar-refractivity contribution < 1.29 is 14.7 Å². The summed E-state index contributed by atoms with van der Waals surface area (Å²) in [4.78, 5) is 22.6. The Hall–Kier alpha value is -2.10. The van der Waals surface area contributed by atoms with Crippen molar-refractivity contribution in [2.75, 3.05) is 5.32 Å². The van der Waals surface area contributed by atoms with Gasteiger partial charge >= 0.3 is 5.97 Å². The highest BCUT2D eigenvalue weighted by atomic mass is 16.4. The van der Waals surface area contributed by atoms with Crippen LogP contribution in [-0.4, -0.2) is 17.0 Å². The fraction of sp³-hybridized carbons (Fsp3) is 0.375. The van der Waals surface area contributed by atoms with Gasteiger partial charge in [-0.3, -0.25) is 4.79 Å². The first-order chi connectivity index (χ1) is 9.46. The molecule has 0 aliphatic heterocycles. The van der Waals surface area contributed by atoms with Crippen LogP contribution in [0, 0.1) is 12.8 Å². The van der Waals surface area contributed by atoms with Gasteiger partial charge in [0.1, 0.15) is 0 Å². The number of rotatable bonds is 6. The first kappa shape index (κ1) is 16.0. The van der Waals surface area contributed by atoms with Crippen LogP contribution in [0.4, 0.5) is 5.69 Å². The van der Waals surface area contributed by atoms with Gasteiger partial charge in [-0.15, -0.1) is 0 Å². The van der Waals surface area contributed by atoms with Crippen molar-refractivity contribution in [3.8, 4) is 0 Å². The lowest BCUT2D eigenvalue weighted by molar-refractivity contribution is -0.131. The summed E-state index contributed by atoms with van der Waals surface area (Å²) in [5, 5.41) is 11.5. The Morgan fingerprint density at radius 1 is 1.25 bits per heavy atom. The van der Waals surface area contributed by atoms with Crippen LogP contribution in [0.3, 0.4) is 0 Å². The van der Waals surface area contributed by atoms with E-state index >= 15 is 0 Å². The standard InChI is InChI=1S/C16H21NO3/c1-4-13(5-2)16(20)17-14-9-11(3)8-12(10-14)6-7-15(18)19/h6-10,13H,4-5H2,1-3H3,(H,17,20)(H,18,19)/b7-6+. The normalized spacial score (nSPS) is 11.0. The van der Waals surface area contributed by atoms with E-state index in [1.807, 2.05) is 32.9 Å². The Morgan fingerprint density at radius 3 is 2.45 bits per heavy atom. The van der Waals surface area contributed by atoms with E-state index in [1.54, 1.807) is 6.07 Å². The van der Waals surface area contributed by atoms with E-state index in [-0.39, 0.29) is 11.8 Å². The van der Waals surface area contributed by atoms with Crippen LogP contribution < -0.4 is 5.32 Å². The minimum absolute atomic E-state index is 0.00789. The maximum absolute atomic E-state index is 12.0. The first-order valence-electron chi connectivity index (χ1n) is 6.79. The van der Waals surface area contributed by atoms with E-state index in [2.05, 4.69) is 5.32 Å². The van der Waals surface area contributed by atoms with Gasteiger partial charge in [0.2, 0.25) is 5.91 Å². The Morgan fingerprint density at radius 2 is 1.90 bits per heavy atom. The van der Waals surface area contributed by atoms with Crippen molar-refractivity contribution in [3.63, 3.8) is 0 Å². The van der Waals surface area contributed by atoms with Gasteiger partial charge < -0.3 is 10.4 Å². The number of aryl methyl sites for hydroxylation is 1. The average molecular weight is 275 g/mol. The monoisotopic (exact) mass is 275 g/mol. The Balaban J connectivity index is 2.90. The molecule has 1 amide bonds. The van der Waals surface area contributed by atoms with Crippen LogP contribution in [0.1, 0.15) is 37.8 Å². The van der Waals surface area contributed by atoms with Gasteiger partial charge in [-0.2, -0.15) is 0 Å². The molecule has 0 aliphatic carbocycles. The molecule has 0 saturated heterocycles. The maximum atomic E-state index is 12.0. The minimum Gasteiger partial charge on any atom is -0.478 e. The van der Waals surface area contributed by atoms with E-state index in [4.69, 9.17) is 5.11 Å². The van der Waals surface area contributed by atoms with Crippen molar-refractivity contribution in [1.29, 1.82) is 0 Å². The second-order valence-electron chi connectivity index (χ2n) is 4.81. The second-order valence-corrected chi connectivity index (χ2v) is 4.81. The third-order valence-corrected chi connectivity index (χ3v) is 3.14. The van der Waals surface area contributed by atoms with Crippen LogP contribution in [0.5, 0.6) is 0 Å².